The lowest BCUT2D eigenvalue weighted by Gasteiger charge is -2.38. The highest BCUT2D eigenvalue weighted by Crippen LogP contribution is 2.25. The summed E-state index contributed by atoms with van der Waals surface area (Å²) >= 11 is 0. The zero-order chi connectivity index (χ0) is 14.0. The van der Waals surface area contributed by atoms with Gasteiger partial charge in [0.15, 0.2) is 0 Å². The molecule has 0 bridgehead atoms. The van der Waals surface area contributed by atoms with Gasteiger partial charge in [0.05, 0.1) is 0 Å². The normalized spacial score (nSPS) is 30.4. The van der Waals surface area contributed by atoms with Crippen LogP contribution in [0.3, 0.4) is 0 Å². The minimum Gasteiger partial charge on any atom is -0.328 e. The van der Waals surface area contributed by atoms with Crippen molar-refractivity contribution in [3.63, 3.8) is 0 Å². The van der Waals surface area contributed by atoms with Crippen molar-refractivity contribution >= 4 is 10.2 Å². The van der Waals surface area contributed by atoms with Crippen LogP contribution in [0, 0.1) is 11.8 Å². The van der Waals surface area contributed by atoms with Crippen LogP contribution < -0.4 is 5.73 Å². The van der Waals surface area contributed by atoms with E-state index in [2.05, 4.69) is 6.92 Å². The first-order valence-electron chi connectivity index (χ1n) is 7.42. The maximum absolute atomic E-state index is 12.6. The fourth-order valence-corrected chi connectivity index (χ4v) is 4.73. The van der Waals surface area contributed by atoms with E-state index in [4.69, 9.17) is 5.73 Å². The van der Waals surface area contributed by atoms with Crippen molar-refractivity contribution in [3.05, 3.63) is 0 Å². The van der Waals surface area contributed by atoms with Gasteiger partial charge < -0.3 is 5.73 Å². The van der Waals surface area contributed by atoms with Gasteiger partial charge in [0, 0.05) is 32.2 Å². The number of rotatable bonds is 3. The van der Waals surface area contributed by atoms with Gasteiger partial charge >= 0.3 is 0 Å². The van der Waals surface area contributed by atoms with E-state index in [1.165, 1.54) is 0 Å². The van der Waals surface area contributed by atoms with Gasteiger partial charge in [0.25, 0.3) is 10.2 Å². The van der Waals surface area contributed by atoms with E-state index < -0.39 is 10.2 Å². The van der Waals surface area contributed by atoms with Crippen LogP contribution in [0.2, 0.25) is 0 Å². The van der Waals surface area contributed by atoms with Gasteiger partial charge in [-0.25, -0.2) is 0 Å². The topological polar surface area (TPSA) is 66.6 Å². The third-order valence-electron chi connectivity index (χ3n) is 4.56. The standard InChI is InChI=1S/C13H27N3O2S/c1-11-5-8-15(9-6-11)19(17,18)16-7-3-4-13(10-16)12(2)14/h11-13H,3-10,14H2,1-2H3. The summed E-state index contributed by atoms with van der Waals surface area (Å²) in [5.74, 6) is 0.942. The molecular formula is C13H27N3O2S. The van der Waals surface area contributed by atoms with Gasteiger partial charge in [-0.2, -0.15) is 17.0 Å². The van der Waals surface area contributed by atoms with E-state index >= 15 is 0 Å². The minimum absolute atomic E-state index is 0.0689. The van der Waals surface area contributed by atoms with Crippen molar-refractivity contribution in [1.29, 1.82) is 0 Å². The van der Waals surface area contributed by atoms with Crippen LogP contribution in [0.15, 0.2) is 0 Å². The van der Waals surface area contributed by atoms with Gasteiger partial charge in [0.1, 0.15) is 0 Å². The lowest BCUT2D eigenvalue weighted by atomic mass is 9.93. The lowest BCUT2D eigenvalue weighted by molar-refractivity contribution is 0.214. The first-order valence-corrected chi connectivity index (χ1v) is 8.81. The van der Waals surface area contributed by atoms with Crippen molar-refractivity contribution in [2.75, 3.05) is 26.2 Å². The molecule has 0 aliphatic carbocycles. The van der Waals surface area contributed by atoms with E-state index in [1.807, 2.05) is 6.92 Å². The molecule has 19 heavy (non-hydrogen) atoms. The molecule has 2 heterocycles. The molecule has 2 rings (SSSR count). The average molecular weight is 289 g/mol. The molecule has 112 valence electrons. The highest BCUT2D eigenvalue weighted by Gasteiger charge is 2.35. The summed E-state index contributed by atoms with van der Waals surface area (Å²) in [5.41, 5.74) is 5.93. The summed E-state index contributed by atoms with van der Waals surface area (Å²) in [4.78, 5) is 0. The Balaban J connectivity index is 2.02. The Labute approximate surface area is 117 Å². The summed E-state index contributed by atoms with van der Waals surface area (Å²) < 4.78 is 28.6. The zero-order valence-electron chi connectivity index (χ0n) is 12.1. The Kier molecular flexibility index (Phi) is 4.87. The fraction of sp³-hybridized carbons (Fsp3) is 1.00. The predicted octanol–water partition coefficient (Wildman–Crippen LogP) is 1.02. The van der Waals surface area contributed by atoms with E-state index in [-0.39, 0.29) is 6.04 Å². The average Bonchev–Trinajstić information content (AvgIpc) is 2.39. The molecule has 0 radical (unpaired) electrons. The van der Waals surface area contributed by atoms with Gasteiger partial charge in [-0.15, -0.1) is 0 Å². The molecule has 2 N–H and O–H groups in total. The monoisotopic (exact) mass is 289 g/mol. The molecule has 2 fully saturated rings. The van der Waals surface area contributed by atoms with Crippen LogP contribution in [0.25, 0.3) is 0 Å². The first-order chi connectivity index (χ1) is 8.91. The number of piperidine rings is 2. The number of hydrogen-bond acceptors (Lipinski definition) is 3. The molecule has 2 aliphatic rings. The van der Waals surface area contributed by atoms with Gasteiger partial charge in [-0.3, -0.25) is 0 Å². The molecule has 0 aromatic rings. The second kappa shape index (κ2) is 6.08. The molecule has 2 saturated heterocycles. The molecule has 0 aromatic heterocycles. The summed E-state index contributed by atoms with van der Waals surface area (Å²) in [6.07, 6.45) is 3.92. The van der Waals surface area contributed by atoms with Crippen LogP contribution in [0.1, 0.15) is 39.5 Å². The third kappa shape index (κ3) is 3.48. The smallest absolute Gasteiger partial charge is 0.281 e. The van der Waals surface area contributed by atoms with Crippen molar-refractivity contribution < 1.29 is 8.42 Å². The van der Waals surface area contributed by atoms with Crippen molar-refractivity contribution in [2.24, 2.45) is 17.6 Å². The Morgan fingerprint density at radius 3 is 2.32 bits per heavy atom. The predicted molar refractivity (Wildman–Crippen MR) is 76.8 cm³/mol. The Morgan fingerprint density at radius 2 is 1.74 bits per heavy atom. The highest BCUT2D eigenvalue weighted by molar-refractivity contribution is 7.86. The highest BCUT2D eigenvalue weighted by atomic mass is 32.2. The Morgan fingerprint density at radius 1 is 1.11 bits per heavy atom. The fourth-order valence-electron chi connectivity index (χ4n) is 2.99. The van der Waals surface area contributed by atoms with Crippen molar-refractivity contribution in [2.45, 2.75) is 45.6 Å². The lowest BCUT2D eigenvalue weighted by Crippen LogP contribution is -2.51. The van der Waals surface area contributed by atoms with Crippen LogP contribution in [0.5, 0.6) is 0 Å². The van der Waals surface area contributed by atoms with Gasteiger partial charge in [-0.1, -0.05) is 6.92 Å². The van der Waals surface area contributed by atoms with Crippen LogP contribution >= 0.6 is 0 Å². The molecular weight excluding hydrogens is 262 g/mol. The molecule has 2 atom stereocenters. The summed E-state index contributed by atoms with van der Waals surface area (Å²) in [6, 6.07) is 0.0689. The molecule has 2 aliphatic heterocycles. The summed E-state index contributed by atoms with van der Waals surface area (Å²) in [6.45, 7) is 6.75. The Hall–Kier alpha value is -0.170. The van der Waals surface area contributed by atoms with Crippen LogP contribution in [0.4, 0.5) is 0 Å². The maximum atomic E-state index is 12.6. The molecule has 2 unspecified atom stereocenters. The van der Waals surface area contributed by atoms with Crippen molar-refractivity contribution in [3.8, 4) is 0 Å². The van der Waals surface area contributed by atoms with Gasteiger partial charge in [0.2, 0.25) is 0 Å². The van der Waals surface area contributed by atoms with Crippen LogP contribution in [-0.2, 0) is 10.2 Å². The second-order valence-electron chi connectivity index (χ2n) is 6.21. The first kappa shape index (κ1) is 15.2. The largest absolute Gasteiger partial charge is 0.328 e. The van der Waals surface area contributed by atoms with Gasteiger partial charge in [-0.05, 0) is 44.4 Å². The van der Waals surface area contributed by atoms with Crippen molar-refractivity contribution in [1.82, 2.24) is 8.61 Å². The molecule has 0 spiro atoms. The quantitative estimate of drug-likeness (QED) is 0.843. The van der Waals surface area contributed by atoms with E-state index in [0.29, 0.717) is 38.0 Å². The molecule has 0 aromatic carbocycles. The maximum Gasteiger partial charge on any atom is 0.281 e. The summed E-state index contributed by atoms with van der Waals surface area (Å²) in [7, 11) is -3.26. The molecule has 5 nitrogen and oxygen atoms in total. The van der Waals surface area contributed by atoms with E-state index in [1.54, 1.807) is 8.61 Å². The number of nitrogens with two attached hydrogens (primary N) is 1. The minimum atomic E-state index is -3.26. The molecule has 0 saturated carbocycles. The molecule has 6 heteroatoms. The SMILES string of the molecule is CC1CCN(S(=O)(=O)N2CCCC(C(C)N)C2)CC1. The molecule has 0 amide bonds. The zero-order valence-corrected chi connectivity index (χ0v) is 12.9. The van der Waals surface area contributed by atoms with E-state index in [9.17, 15) is 8.42 Å². The summed E-state index contributed by atoms with van der Waals surface area (Å²) in [5, 5.41) is 0. The van der Waals surface area contributed by atoms with E-state index in [0.717, 1.165) is 25.7 Å². The number of hydrogen-bond donors (Lipinski definition) is 1. The third-order valence-corrected chi connectivity index (χ3v) is 6.56. The van der Waals surface area contributed by atoms with Crippen LogP contribution in [-0.4, -0.2) is 49.2 Å². The second-order valence-corrected chi connectivity index (χ2v) is 8.14. The Bertz CT molecular complexity index is 389. The number of nitrogens with zero attached hydrogens (tertiary/aromatic N) is 2.